The minimum atomic E-state index is -0.363. The summed E-state index contributed by atoms with van der Waals surface area (Å²) in [6.45, 7) is 4.11. The SMILES string of the molecule is CCN(CC(=O)Nc1c(Cl)cccc1Cl)C(=O)Cc1coc2cc(C)ccc12. The molecule has 2 amide bonds. The number of halogens is 2. The van der Waals surface area contributed by atoms with E-state index in [0.717, 1.165) is 22.1 Å². The molecule has 1 aromatic heterocycles. The summed E-state index contributed by atoms with van der Waals surface area (Å²) < 4.78 is 5.55. The number of nitrogens with zero attached hydrogens (tertiary/aromatic N) is 1. The zero-order valence-corrected chi connectivity index (χ0v) is 17.1. The van der Waals surface area contributed by atoms with Crippen molar-refractivity contribution in [2.45, 2.75) is 20.3 Å². The van der Waals surface area contributed by atoms with Crippen LogP contribution in [0.5, 0.6) is 0 Å². The van der Waals surface area contributed by atoms with E-state index < -0.39 is 0 Å². The van der Waals surface area contributed by atoms with Gasteiger partial charge in [-0.15, -0.1) is 0 Å². The van der Waals surface area contributed by atoms with Gasteiger partial charge in [0.15, 0.2) is 0 Å². The van der Waals surface area contributed by atoms with Gasteiger partial charge >= 0.3 is 0 Å². The number of amides is 2. The quantitative estimate of drug-likeness (QED) is 0.606. The van der Waals surface area contributed by atoms with Crippen molar-refractivity contribution in [3.05, 3.63) is 63.8 Å². The molecule has 0 saturated carbocycles. The summed E-state index contributed by atoms with van der Waals surface area (Å²) in [5.41, 5.74) is 2.98. The zero-order valence-electron chi connectivity index (χ0n) is 15.6. The Hall–Kier alpha value is -2.50. The molecule has 0 aliphatic heterocycles. The first-order valence-electron chi connectivity index (χ1n) is 8.87. The zero-order chi connectivity index (χ0) is 20.3. The number of benzene rings is 2. The van der Waals surface area contributed by atoms with Gasteiger partial charge in [-0.2, -0.15) is 0 Å². The van der Waals surface area contributed by atoms with Gasteiger partial charge in [0, 0.05) is 17.5 Å². The number of furan rings is 1. The van der Waals surface area contributed by atoms with E-state index in [1.54, 1.807) is 24.5 Å². The van der Waals surface area contributed by atoms with Gasteiger partial charge in [0.25, 0.3) is 0 Å². The van der Waals surface area contributed by atoms with Crippen molar-refractivity contribution in [1.82, 2.24) is 4.90 Å². The molecule has 0 aliphatic carbocycles. The van der Waals surface area contributed by atoms with Crippen LogP contribution < -0.4 is 5.32 Å². The molecular formula is C21H20Cl2N2O3. The second-order valence-electron chi connectivity index (χ2n) is 6.49. The maximum Gasteiger partial charge on any atom is 0.244 e. The maximum absolute atomic E-state index is 12.7. The average Bonchev–Trinajstić information content (AvgIpc) is 3.04. The standard InChI is InChI=1S/C21H20Cl2N2O3/c1-3-25(11-19(26)24-21-16(22)5-4-6-17(21)23)20(27)10-14-12-28-18-9-13(2)7-8-15(14)18/h4-9,12H,3,10-11H2,1-2H3,(H,24,26). The molecule has 0 spiro atoms. The highest BCUT2D eigenvalue weighted by Crippen LogP contribution is 2.29. The van der Waals surface area contributed by atoms with Crippen molar-refractivity contribution >= 4 is 51.7 Å². The number of hydrogen-bond donors (Lipinski definition) is 1. The molecule has 0 saturated heterocycles. The number of anilines is 1. The smallest absolute Gasteiger partial charge is 0.244 e. The summed E-state index contributed by atoms with van der Waals surface area (Å²) in [5.74, 6) is -0.524. The number of rotatable bonds is 6. The van der Waals surface area contributed by atoms with Gasteiger partial charge < -0.3 is 14.6 Å². The minimum absolute atomic E-state index is 0.0915. The third-order valence-electron chi connectivity index (χ3n) is 4.45. The first-order valence-corrected chi connectivity index (χ1v) is 9.63. The summed E-state index contributed by atoms with van der Waals surface area (Å²) in [5, 5.41) is 4.27. The fourth-order valence-corrected chi connectivity index (χ4v) is 3.44. The second kappa shape index (κ2) is 8.67. The van der Waals surface area contributed by atoms with Gasteiger partial charge in [0.1, 0.15) is 5.58 Å². The van der Waals surface area contributed by atoms with Crippen molar-refractivity contribution in [3.8, 4) is 0 Å². The average molecular weight is 419 g/mol. The molecule has 1 N–H and O–H groups in total. The van der Waals surface area contributed by atoms with Crippen LogP contribution in [0.3, 0.4) is 0 Å². The minimum Gasteiger partial charge on any atom is -0.464 e. The number of para-hydroxylation sites is 1. The van der Waals surface area contributed by atoms with Gasteiger partial charge in [-0.3, -0.25) is 9.59 Å². The van der Waals surface area contributed by atoms with Crippen LogP contribution in [0, 0.1) is 6.92 Å². The van der Waals surface area contributed by atoms with E-state index in [-0.39, 0.29) is 24.8 Å². The summed E-state index contributed by atoms with van der Waals surface area (Å²) in [4.78, 5) is 26.6. The predicted octanol–water partition coefficient (Wildman–Crippen LogP) is 5.08. The van der Waals surface area contributed by atoms with Crippen molar-refractivity contribution < 1.29 is 14.0 Å². The molecule has 0 unspecified atom stereocenters. The van der Waals surface area contributed by atoms with Gasteiger partial charge in [0.05, 0.1) is 35.0 Å². The van der Waals surface area contributed by atoms with Crippen LogP contribution in [0.4, 0.5) is 5.69 Å². The number of nitrogens with one attached hydrogen (secondary N) is 1. The molecule has 0 radical (unpaired) electrons. The molecule has 0 aliphatic rings. The first-order chi connectivity index (χ1) is 13.4. The van der Waals surface area contributed by atoms with E-state index in [2.05, 4.69) is 5.32 Å². The molecule has 0 fully saturated rings. The summed E-state index contributed by atoms with van der Waals surface area (Å²) in [7, 11) is 0. The third kappa shape index (κ3) is 4.49. The van der Waals surface area contributed by atoms with Crippen LogP contribution >= 0.6 is 23.2 Å². The van der Waals surface area contributed by atoms with Crippen molar-refractivity contribution in [3.63, 3.8) is 0 Å². The normalized spacial score (nSPS) is 10.9. The van der Waals surface area contributed by atoms with Gasteiger partial charge in [-0.1, -0.05) is 41.4 Å². The Labute approximate surface area is 173 Å². The predicted molar refractivity (Wildman–Crippen MR) is 112 cm³/mol. The topological polar surface area (TPSA) is 62.6 Å². The van der Waals surface area contributed by atoms with Gasteiger partial charge in [-0.25, -0.2) is 0 Å². The Morgan fingerprint density at radius 3 is 2.54 bits per heavy atom. The summed E-state index contributed by atoms with van der Waals surface area (Å²) in [6, 6.07) is 10.8. The van der Waals surface area contributed by atoms with Crippen LogP contribution in [-0.2, 0) is 16.0 Å². The lowest BCUT2D eigenvalue weighted by molar-refractivity contribution is -0.133. The van der Waals surface area contributed by atoms with Gasteiger partial charge in [-0.05, 0) is 37.6 Å². The van der Waals surface area contributed by atoms with E-state index in [4.69, 9.17) is 27.6 Å². The Bertz CT molecular complexity index is 1010. The second-order valence-corrected chi connectivity index (χ2v) is 7.30. The molecule has 0 atom stereocenters. The lowest BCUT2D eigenvalue weighted by Crippen LogP contribution is -2.38. The molecule has 28 heavy (non-hydrogen) atoms. The third-order valence-corrected chi connectivity index (χ3v) is 5.08. The van der Waals surface area contributed by atoms with Crippen LogP contribution in [0.15, 0.2) is 47.1 Å². The molecular weight excluding hydrogens is 399 g/mol. The molecule has 0 bridgehead atoms. The monoisotopic (exact) mass is 418 g/mol. The molecule has 5 nitrogen and oxygen atoms in total. The fourth-order valence-electron chi connectivity index (χ4n) is 2.95. The van der Waals surface area contributed by atoms with Crippen LogP contribution in [0.2, 0.25) is 10.0 Å². The molecule has 7 heteroatoms. The Morgan fingerprint density at radius 1 is 1.14 bits per heavy atom. The Balaban J connectivity index is 1.68. The van der Waals surface area contributed by atoms with Crippen molar-refractivity contribution in [2.75, 3.05) is 18.4 Å². The maximum atomic E-state index is 12.7. The van der Waals surface area contributed by atoms with Crippen molar-refractivity contribution in [2.24, 2.45) is 0 Å². The lowest BCUT2D eigenvalue weighted by Gasteiger charge is -2.20. The number of carbonyl (C=O) groups excluding carboxylic acids is 2. The Morgan fingerprint density at radius 2 is 1.86 bits per heavy atom. The summed E-state index contributed by atoms with van der Waals surface area (Å²) >= 11 is 12.2. The first kappa shape index (κ1) is 20.2. The number of aryl methyl sites for hydroxylation is 1. The summed E-state index contributed by atoms with van der Waals surface area (Å²) in [6.07, 6.45) is 1.75. The van der Waals surface area contributed by atoms with E-state index >= 15 is 0 Å². The molecule has 146 valence electrons. The number of likely N-dealkylation sites (N-methyl/N-ethyl adjacent to an activating group) is 1. The van der Waals surface area contributed by atoms with Crippen LogP contribution in [0.1, 0.15) is 18.1 Å². The fraction of sp³-hybridized carbons (Fsp3) is 0.238. The molecule has 1 heterocycles. The number of hydrogen-bond acceptors (Lipinski definition) is 3. The highest BCUT2D eigenvalue weighted by Gasteiger charge is 2.19. The van der Waals surface area contributed by atoms with Crippen molar-refractivity contribution in [1.29, 1.82) is 0 Å². The van der Waals surface area contributed by atoms with E-state index in [1.807, 2.05) is 32.0 Å². The molecule has 3 rings (SSSR count). The van der Waals surface area contributed by atoms with E-state index in [0.29, 0.717) is 22.3 Å². The lowest BCUT2D eigenvalue weighted by atomic mass is 10.1. The van der Waals surface area contributed by atoms with Crippen LogP contribution in [0.25, 0.3) is 11.0 Å². The highest BCUT2D eigenvalue weighted by atomic mass is 35.5. The van der Waals surface area contributed by atoms with E-state index in [1.165, 1.54) is 4.90 Å². The number of carbonyl (C=O) groups is 2. The molecule has 2 aromatic carbocycles. The Kier molecular flexibility index (Phi) is 6.27. The molecule has 3 aromatic rings. The van der Waals surface area contributed by atoms with Crippen LogP contribution in [-0.4, -0.2) is 29.8 Å². The van der Waals surface area contributed by atoms with Gasteiger partial charge in [0.2, 0.25) is 11.8 Å². The number of fused-ring (bicyclic) bond motifs is 1. The highest BCUT2D eigenvalue weighted by molar-refractivity contribution is 6.39. The largest absolute Gasteiger partial charge is 0.464 e. The van der Waals surface area contributed by atoms with E-state index in [9.17, 15) is 9.59 Å².